The molecular formula is C12H17N3S. The van der Waals surface area contributed by atoms with Crippen LogP contribution >= 0.6 is 11.3 Å². The van der Waals surface area contributed by atoms with Crippen LogP contribution in [0.15, 0.2) is 29.4 Å². The van der Waals surface area contributed by atoms with E-state index in [1.54, 1.807) is 11.3 Å². The van der Waals surface area contributed by atoms with E-state index in [-0.39, 0.29) is 0 Å². The summed E-state index contributed by atoms with van der Waals surface area (Å²) >= 11 is 1.76. The largest absolute Gasteiger partial charge is 0.340 e. The first-order valence-electron chi connectivity index (χ1n) is 5.46. The van der Waals surface area contributed by atoms with Gasteiger partial charge in [-0.3, -0.25) is 0 Å². The van der Waals surface area contributed by atoms with Crippen LogP contribution < -0.4 is 5.32 Å². The molecule has 0 saturated carbocycles. The van der Waals surface area contributed by atoms with Gasteiger partial charge in [0.25, 0.3) is 0 Å². The number of hydrogen-bond acceptors (Lipinski definition) is 3. The van der Waals surface area contributed by atoms with E-state index in [4.69, 9.17) is 0 Å². The summed E-state index contributed by atoms with van der Waals surface area (Å²) < 4.78 is 1.99. The summed E-state index contributed by atoms with van der Waals surface area (Å²) in [4.78, 5) is 4.39. The van der Waals surface area contributed by atoms with Crippen molar-refractivity contribution in [2.45, 2.75) is 18.9 Å². The van der Waals surface area contributed by atoms with E-state index < -0.39 is 0 Å². The van der Waals surface area contributed by atoms with Crippen molar-refractivity contribution >= 4 is 11.3 Å². The van der Waals surface area contributed by atoms with E-state index in [1.807, 2.05) is 25.0 Å². The lowest BCUT2D eigenvalue weighted by molar-refractivity contribution is 0.538. The second kappa shape index (κ2) is 5.27. The zero-order chi connectivity index (χ0) is 11.4. The molecule has 4 heteroatoms. The zero-order valence-electron chi connectivity index (χ0n) is 9.68. The average molecular weight is 235 g/mol. The third-order valence-corrected chi connectivity index (χ3v) is 3.46. The number of aromatic nitrogens is 2. The van der Waals surface area contributed by atoms with Gasteiger partial charge in [-0.25, -0.2) is 4.98 Å². The minimum atomic E-state index is 0.348. The van der Waals surface area contributed by atoms with Gasteiger partial charge in [0, 0.05) is 13.2 Å². The Balaban J connectivity index is 1.96. The molecule has 3 nitrogen and oxygen atoms in total. The van der Waals surface area contributed by atoms with Crippen molar-refractivity contribution in [2.24, 2.45) is 7.05 Å². The van der Waals surface area contributed by atoms with Crippen LogP contribution in [0.5, 0.6) is 0 Å². The SMILES string of the molecule is CNC(CCc1ccsc1)c1cn(C)cn1. The Morgan fingerprint density at radius 2 is 2.44 bits per heavy atom. The highest BCUT2D eigenvalue weighted by atomic mass is 32.1. The normalized spacial score (nSPS) is 12.9. The molecular weight excluding hydrogens is 218 g/mol. The van der Waals surface area contributed by atoms with Gasteiger partial charge >= 0.3 is 0 Å². The Bertz CT molecular complexity index is 419. The second-order valence-electron chi connectivity index (χ2n) is 3.98. The van der Waals surface area contributed by atoms with Gasteiger partial charge in [0.05, 0.1) is 18.1 Å². The van der Waals surface area contributed by atoms with E-state index >= 15 is 0 Å². The molecule has 0 saturated heterocycles. The summed E-state index contributed by atoms with van der Waals surface area (Å²) in [5.74, 6) is 0. The molecule has 1 atom stereocenters. The number of rotatable bonds is 5. The molecule has 2 rings (SSSR count). The lowest BCUT2D eigenvalue weighted by atomic mass is 10.1. The molecule has 1 N–H and O–H groups in total. The Kier molecular flexibility index (Phi) is 3.74. The van der Waals surface area contributed by atoms with E-state index in [0.717, 1.165) is 18.5 Å². The number of thiophene rings is 1. The number of aryl methyl sites for hydroxylation is 2. The Morgan fingerprint density at radius 1 is 1.56 bits per heavy atom. The molecule has 0 bridgehead atoms. The fourth-order valence-corrected chi connectivity index (χ4v) is 2.50. The molecule has 0 spiro atoms. The maximum absolute atomic E-state index is 4.39. The van der Waals surface area contributed by atoms with E-state index in [2.05, 4.69) is 33.3 Å². The fourth-order valence-electron chi connectivity index (χ4n) is 1.80. The van der Waals surface area contributed by atoms with Crippen molar-refractivity contribution in [3.05, 3.63) is 40.6 Å². The van der Waals surface area contributed by atoms with Gasteiger partial charge in [-0.2, -0.15) is 11.3 Å². The summed E-state index contributed by atoms with van der Waals surface area (Å²) in [6.07, 6.45) is 6.12. The molecule has 0 radical (unpaired) electrons. The minimum Gasteiger partial charge on any atom is -0.340 e. The second-order valence-corrected chi connectivity index (χ2v) is 4.76. The van der Waals surface area contributed by atoms with Crippen molar-refractivity contribution in [3.8, 4) is 0 Å². The van der Waals surface area contributed by atoms with Crippen LogP contribution in [0.3, 0.4) is 0 Å². The molecule has 0 aliphatic rings. The van der Waals surface area contributed by atoms with Crippen molar-refractivity contribution in [3.63, 3.8) is 0 Å². The predicted octanol–water partition coefficient (Wildman–Crippen LogP) is 2.37. The van der Waals surface area contributed by atoms with Crippen LogP contribution in [0.4, 0.5) is 0 Å². The third kappa shape index (κ3) is 2.71. The Labute approximate surface area is 100 Å². The summed E-state index contributed by atoms with van der Waals surface area (Å²) in [6, 6.07) is 2.54. The first-order chi connectivity index (χ1) is 7.79. The van der Waals surface area contributed by atoms with Crippen molar-refractivity contribution in [1.29, 1.82) is 0 Å². The van der Waals surface area contributed by atoms with Gasteiger partial charge in [-0.1, -0.05) is 0 Å². The molecule has 2 aromatic rings. The predicted molar refractivity (Wildman–Crippen MR) is 67.6 cm³/mol. The van der Waals surface area contributed by atoms with Crippen LogP contribution in [0.2, 0.25) is 0 Å². The number of nitrogens with zero attached hydrogens (tertiary/aromatic N) is 2. The van der Waals surface area contributed by atoms with Crippen LogP contribution in [0.25, 0.3) is 0 Å². The molecule has 2 heterocycles. The van der Waals surface area contributed by atoms with Crippen LogP contribution in [-0.4, -0.2) is 16.6 Å². The van der Waals surface area contributed by atoms with E-state index in [1.165, 1.54) is 5.56 Å². The Hall–Kier alpha value is -1.13. The summed E-state index contributed by atoms with van der Waals surface area (Å²) in [7, 11) is 4.00. The Morgan fingerprint density at radius 3 is 3.00 bits per heavy atom. The van der Waals surface area contributed by atoms with E-state index in [9.17, 15) is 0 Å². The van der Waals surface area contributed by atoms with E-state index in [0.29, 0.717) is 6.04 Å². The smallest absolute Gasteiger partial charge is 0.0947 e. The fraction of sp³-hybridized carbons (Fsp3) is 0.417. The zero-order valence-corrected chi connectivity index (χ0v) is 10.5. The first-order valence-corrected chi connectivity index (χ1v) is 6.40. The molecule has 16 heavy (non-hydrogen) atoms. The number of hydrogen-bond donors (Lipinski definition) is 1. The van der Waals surface area contributed by atoms with Gasteiger partial charge < -0.3 is 9.88 Å². The molecule has 1 unspecified atom stereocenters. The molecule has 2 aromatic heterocycles. The minimum absolute atomic E-state index is 0.348. The highest BCUT2D eigenvalue weighted by Crippen LogP contribution is 2.18. The summed E-state index contributed by atoms with van der Waals surface area (Å²) in [5.41, 5.74) is 2.54. The van der Waals surface area contributed by atoms with Gasteiger partial charge in [-0.05, 0) is 42.3 Å². The summed E-state index contributed by atoms with van der Waals surface area (Å²) in [5, 5.41) is 7.66. The molecule has 0 aromatic carbocycles. The third-order valence-electron chi connectivity index (χ3n) is 2.73. The van der Waals surface area contributed by atoms with Crippen LogP contribution in [0, 0.1) is 0 Å². The molecule has 0 amide bonds. The highest BCUT2D eigenvalue weighted by molar-refractivity contribution is 7.07. The highest BCUT2D eigenvalue weighted by Gasteiger charge is 2.11. The average Bonchev–Trinajstić information content (AvgIpc) is 2.91. The standard InChI is InChI=1S/C12H17N3S/c1-13-11(12-7-15(2)9-14-12)4-3-10-5-6-16-8-10/h5-9,11,13H,3-4H2,1-2H3. The van der Waals surface area contributed by atoms with Crippen LogP contribution in [-0.2, 0) is 13.5 Å². The maximum Gasteiger partial charge on any atom is 0.0947 e. The molecule has 0 aliphatic carbocycles. The monoisotopic (exact) mass is 235 g/mol. The van der Waals surface area contributed by atoms with Crippen molar-refractivity contribution in [1.82, 2.24) is 14.9 Å². The van der Waals surface area contributed by atoms with Crippen LogP contribution in [0.1, 0.15) is 23.7 Å². The van der Waals surface area contributed by atoms with Crippen molar-refractivity contribution in [2.75, 3.05) is 7.05 Å². The molecule has 0 fully saturated rings. The van der Waals surface area contributed by atoms with Gasteiger partial charge in [0.2, 0.25) is 0 Å². The quantitative estimate of drug-likeness (QED) is 0.862. The molecule has 0 aliphatic heterocycles. The lowest BCUT2D eigenvalue weighted by Crippen LogP contribution is -2.17. The number of nitrogens with one attached hydrogen (secondary N) is 1. The van der Waals surface area contributed by atoms with Gasteiger partial charge in [0.1, 0.15) is 0 Å². The lowest BCUT2D eigenvalue weighted by Gasteiger charge is -2.12. The first kappa shape index (κ1) is 11.4. The van der Waals surface area contributed by atoms with Gasteiger partial charge in [0.15, 0.2) is 0 Å². The number of imidazole rings is 1. The van der Waals surface area contributed by atoms with Gasteiger partial charge in [-0.15, -0.1) is 0 Å². The molecule has 86 valence electrons. The topological polar surface area (TPSA) is 29.9 Å². The summed E-state index contributed by atoms with van der Waals surface area (Å²) in [6.45, 7) is 0. The maximum atomic E-state index is 4.39. The van der Waals surface area contributed by atoms with Crippen molar-refractivity contribution < 1.29 is 0 Å².